The number of aromatic hydroxyl groups is 2. The van der Waals surface area contributed by atoms with Crippen molar-refractivity contribution in [3.63, 3.8) is 0 Å². The van der Waals surface area contributed by atoms with Gasteiger partial charge in [-0.25, -0.2) is 0 Å². The van der Waals surface area contributed by atoms with Crippen LogP contribution >= 0.6 is 0 Å². The Balaban J connectivity index is 1.55. The van der Waals surface area contributed by atoms with Crippen molar-refractivity contribution in [3.8, 4) is 17.2 Å². The summed E-state index contributed by atoms with van der Waals surface area (Å²) in [6.07, 6.45) is -0.681. The molecule has 1 unspecified atom stereocenters. The van der Waals surface area contributed by atoms with Gasteiger partial charge in [0.15, 0.2) is 0 Å². The predicted octanol–water partition coefficient (Wildman–Crippen LogP) is 5.17. The first-order valence-corrected chi connectivity index (χ1v) is 11.8. The number of ether oxygens (including phenoxy) is 1. The minimum Gasteiger partial charge on any atom is -0.508 e. The van der Waals surface area contributed by atoms with Gasteiger partial charge in [0, 0.05) is 25.6 Å². The van der Waals surface area contributed by atoms with Gasteiger partial charge in [0.05, 0.1) is 0 Å². The van der Waals surface area contributed by atoms with Crippen LogP contribution in [0.1, 0.15) is 22.6 Å². The molecule has 5 heteroatoms. The molecule has 0 saturated heterocycles. The van der Waals surface area contributed by atoms with Crippen molar-refractivity contribution in [2.24, 2.45) is 0 Å². The van der Waals surface area contributed by atoms with Crippen molar-refractivity contribution in [2.75, 3.05) is 19.7 Å². The highest BCUT2D eigenvalue weighted by Crippen LogP contribution is 2.29. The maximum atomic E-state index is 10.9. The fraction of sp³-hybridized carbons (Fsp3) is 0.200. The molecule has 5 nitrogen and oxygen atoms in total. The van der Waals surface area contributed by atoms with Crippen LogP contribution in [-0.2, 0) is 6.54 Å². The standard InChI is InChI=1S/C30H31NO4/c32-26-15-11-24(12-16-26)30(25-13-17-27(33)18-14-25)21-31(19-23-7-3-1-4-8-23)20-28(34)22-35-29-9-5-2-6-10-29/h1-18,28,30,32-34H,19-22H2. The van der Waals surface area contributed by atoms with Crippen LogP contribution in [-0.4, -0.2) is 46.0 Å². The molecule has 0 radical (unpaired) electrons. The minimum absolute atomic E-state index is 0.0258. The van der Waals surface area contributed by atoms with E-state index in [0.29, 0.717) is 19.6 Å². The zero-order valence-electron chi connectivity index (χ0n) is 19.6. The topological polar surface area (TPSA) is 73.2 Å². The first-order valence-electron chi connectivity index (χ1n) is 11.8. The normalized spacial score (nSPS) is 12.1. The molecule has 0 aliphatic carbocycles. The van der Waals surface area contributed by atoms with Crippen molar-refractivity contribution in [1.82, 2.24) is 4.90 Å². The largest absolute Gasteiger partial charge is 0.508 e. The average molecular weight is 470 g/mol. The van der Waals surface area contributed by atoms with Gasteiger partial charge >= 0.3 is 0 Å². The molecular weight excluding hydrogens is 438 g/mol. The molecule has 0 aromatic heterocycles. The highest BCUT2D eigenvalue weighted by molar-refractivity contribution is 5.38. The molecule has 0 aliphatic rings. The Bertz CT molecular complexity index is 1100. The molecule has 0 fully saturated rings. The summed E-state index contributed by atoms with van der Waals surface area (Å²) in [4.78, 5) is 2.22. The van der Waals surface area contributed by atoms with Crippen molar-refractivity contribution >= 4 is 0 Å². The molecule has 0 heterocycles. The summed E-state index contributed by atoms with van der Waals surface area (Å²) in [5.41, 5.74) is 3.24. The van der Waals surface area contributed by atoms with E-state index >= 15 is 0 Å². The van der Waals surface area contributed by atoms with Gasteiger partial charge in [0.25, 0.3) is 0 Å². The van der Waals surface area contributed by atoms with Gasteiger partial charge in [-0.1, -0.05) is 72.8 Å². The van der Waals surface area contributed by atoms with Crippen LogP contribution in [0, 0.1) is 0 Å². The summed E-state index contributed by atoms with van der Waals surface area (Å²) in [6, 6.07) is 34.1. The highest BCUT2D eigenvalue weighted by Gasteiger charge is 2.21. The van der Waals surface area contributed by atoms with E-state index in [2.05, 4.69) is 17.0 Å². The van der Waals surface area contributed by atoms with E-state index in [1.807, 2.05) is 72.8 Å². The molecule has 180 valence electrons. The first-order chi connectivity index (χ1) is 17.1. The summed E-state index contributed by atoms with van der Waals surface area (Å²) in [5, 5.41) is 30.5. The number of hydrogen-bond donors (Lipinski definition) is 3. The number of nitrogens with zero attached hydrogens (tertiary/aromatic N) is 1. The van der Waals surface area contributed by atoms with Gasteiger partial charge in [-0.2, -0.15) is 0 Å². The molecule has 4 rings (SSSR count). The second kappa shape index (κ2) is 12.1. The molecule has 0 aliphatic heterocycles. The van der Waals surface area contributed by atoms with E-state index in [-0.39, 0.29) is 24.0 Å². The third kappa shape index (κ3) is 7.34. The number of phenolic OH excluding ortho intramolecular Hbond substituents is 2. The summed E-state index contributed by atoms with van der Waals surface area (Å²) in [5.74, 6) is 1.13. The van der Waals surface area contributed by atoms with Crippen LogP contribution < -0.4 is 4.74 Å². The van der Waals surface area contributed by atoms with Gasteiger partial charge < -0.3 is 20.1 Å². The smallest absolute Gasteiger partial charge is 0.119 e. The molecule has 0 spiro atoms. The van der Waals surface area contributed by atoms with Crippen LogP contribution in [0.15, 0.2) is 109 Å². The van der Waals surface area contributed by atoms with Gasteiger partial charge in [-0.15, -0.1) is 0 Å². The average Bonchev–Trinajstić information content (AvgIpc) is 2.88. The lowest BCUT2D eigenvalue weighted by molar-refractivity contribution is 0.0644. The summed E-state index contributed by atoms with van der Waals surface area (Å²) in [6.45, 7) is 1.91. The minimum atomic E-state index is -0.681. The Kier molecular flexibility index (Phi) is 8.39. The van der Waals surface area contributed by atoms with E-state index in [1.165, 1.54) is 0 Å². The third-order valence-corrected chi connectivity index (χ3v) is 5.94. The molecule has 35 heavy (non-hydrogen) atoms. The highest BCUT2D eigenvalue weighted by atomic mass is 16.5. The third-order valence-electron chi connectivity index (χ3n) is 5.94. The van der Waals surface area contributed by atoms with Crippen LogP contribution in [0.3, 0.4) is 0 Å². The fourth-order valence-corrected chi connectivity index (χ4v) is 4.18. The maximum Gasteiger partial charge on any atom is 0.119 e. The lowest BCUT2D eigenvalue weighted by Crippen LogP contribution is -2.38. The number of para-hydroxylation sites is 1. The first kappa shape index (κ1) is 24.3. The van der Waals surface area contributed by atoms with Gasteiger partial charge in [-0.05, 0) is 53.1 Å². The van der Waals surface area contributed by atoms with Crippen LogP contribution in [0.25, 0.3) is 0 Å². The van der Waals surface area contributed by atoms with Gasteiger partial charge in [0.2, 0.25) is 0 Å². The number of benzene rings is 4. The Morgan fingerprint density at radius 1 is 0.629 bits per heavy atom. The van der Waals surface area contributed by atoms with E-state index in [0.717, 1.165) is 22.4 Å². The number of phenols is 2. The Hall–Kier alpha value is -3.80. The second-order valence-corrected chi connectivity index (χ2v) is 8.69. The molecule has 0 bridgehead atoms. The zero-order chi connectivity index (χ0) is 24.5. The fourth-order valence-electron chi connectivity index (χ4n) is 4.18. The SMILES string of the molecule is Oc1ccc(C(CN(Cc2ccccc2)CC(O)COc2ccccc2)c2ccc(O)cc2)cc1. The van der Waals surface area contributed by atoms with Crippen molar-refractivity contribution in [1.29, 1.82) is 0 Å². The quantitative estimate of drug-likeness (QED) is 0.283. The molecule has 0 saturated carbocycles. The summed E-state index contributed by atoms with van der Waals surface area (Å²) in [7, 11) is 0. The van der Waals surface area contributed by atoms with Gasteiger partial charge in [0.1, 0.15) is 30.0 Å². The van der Waals surface area contributed by atoms with Crippen molar-refractivity contribution in [2.45, 2.75) is 18.6 Å². The van der Waals surface area contributed by atoms with E-state index < -0.39 is 6.10 Å². The van der Waals surface area contributed by atoms with Crippen LogP contribution in [0.5, 0.6) is 17.2 Å². The molecule has 1 atom stereocenters. The zero-order valence-corrected chi connectivity index (χ0v) is 19.6. The lowest BCUT2D eigenvalue weighted by atomic mass is 9.90. The van der Waals surface area contributed by atoms with Crippen molar-refractivity contribution in [3.05, 3.63) is 126 Å². The Morgan fingerprint density at radius 2 is 1.14 bits per heavy atom. The molecule has 4 aromatic rings. The van der Waals surface area contributed by atoms with E-state index in [1.54, 1.807) is 24.3 Å². The predicted molar refractivity (Wildman–Crippen MR) is 138 cm³/mol. The molecule has 0 amide bonds. The maximum absolute atomic E-state index is 10.9. The molecular formula is C30H31NO4. The Morgan fingerprint density at radius 3 is 1.69 bits per heavy atom. The summed E-state index contributed by atoms with van der Waals surface area (Å²) >= 11 is 0. The number of rotatable bonds is 11. The van der Waals surface area contributed by atoms with Crippen LogP contribution in [0.4, 0.5) is 0 Å². The summed E-state index contributed by atoms with van der Waals surface area (Å²) < 4.78 is 5.79. The van der Waals surface area contributed by atoms with Gasteiger partial charge in [-0.3, -0.25) is 4.90 Å². The van der Waals surface area contributed by atoms with E-state index in [4.69, 9.17) is 4.74 Å². The van der Waals surface area contributed by atoms with Crippen molar-refractivity contribution < 1.29 is 20.1 Å². The molecule has 3 N–H and O–H groups in total. The second-order valence-electron chi connectivity index (χ2n) is 8.69. The number of aliphatic hydroxyl groups excluding tert-OH is 1. The Labute approximate surface area is 206 Å². The van der Waals surface area contributed by atoms with E-state index in [9.17, 15) is 15.3 Å². The molecule has 4 aromatic carbocycles. The lowest BCUT2D eigenvalue weighted by Gasteiger charge is -2.30. The number of aliphatic hydroxyl groups is 1. The number of hydrogen-bond acceptors (Lipinski definition) is 5. The monoisotopic (exact) mass is 469 g/mol. The van der Waals surface area contributed by atoms with Crippen LogP contribution in [0.2, 0.25) is 0 Å².